The zero-order valence-electron chi connectivity index (χ0n) is 19.3. The summed E-state index contributed by atoms with van der Waals surface area (Å²) in [5.74, 6) is 0.923. The van der Waals surface area contributed by atoms with Gasteiger partial charge in [0.15, 0.2) is 0 Å². The number of methoxy groups -OCH3 is 1. The summed E-state index contributed by atoms with van der Waals surface area (Å²) in [5.41, 5.74) is 0.722. The lowest BCUT2D eigenvalue weighted by atomic mass is 10.1. The first kappa shape index (κ1) is 24.9. The average molecular weight is 494 g/mol. The van der Waals surface area contributed by atoms with Crippen molar-refractivity contribution in [1.82, 2.24) is 24.9 Å². The van der Waals surface area contributed by atoms with E-state index in [0.29, 0.717) is 11.6 Å². The molecule has 4 rings (SSSR count). The lowest BCUT2D eigenvalue weighted by Gasteiger charge is -2.13. The molecular weight excluding hydrogens is 463 g/mol. The molecule has 1 aromatic carbocycles. The third kappa shape index (κ3) is 6.70. The van der Waals surface area contributed by atoms with Crippen molar-refractivity contribution in [2.24, 2.45) is 0 Å². The summed E-state index contributed by atoms with van der Waals surface area (Å²) in [6.45, 7) is 3.66. The number of aromatic nitrogens is 4. The van der Waals surface area contributed by atoms with E-state index in [9.17, 15) is 13.2 Å². The number of halogens is 3. The maximum Gasteiger partial charge on any atom is 0.416 e. The fourth-order valence-corrected chi connectivity index (χ4v) is 5.27. The average Bonchev–Trinajstić information content (AvgIpc) is 3.47. The largest absolute Gasteiger partial charge is 0.416 e. The van der Waals surface area contributed by atoms with Crippen LogP contribution < -0.4 is 0 Å². The van der Waals surface area contributed by atoms with Crippen molar-refractivity contribution in [2.75, 3.05) is 26.0 Å². The second-order valence-corrected chi connectivity index (χ2v) is 9.79. The van der Waals surface area contributed by atoms with E-state index < -0.39 is 11.7 Å². The van der Waals surface area contributed by atoms with Crippen LogP contribution in [-0.4, -0.2) is 56.9 Å². The van der Waals surface area contributed by atoms with Crippen LogP contribution in [0.25, 0.3) is 10.9 Å². The van der Waals surface area contributed by atoms with Gasteiger partial charge in [0.05, 0.1) is 22.9 Å². The summed E-state index contributed by atoms with van der Waals surface area (Å²) >= 11 is 1.68. The molecule has 0 N–H and O–H groups in total. The van der Waals surface area contributed by atoms with E-state index in [2.05, 4.69) is 20.2 Å². The van der Waals surface area contributed by atoms with Crippen LogP contribution in [-0.2, 0) is 24.0 Å². The highest BCUT2D eigenvalue weighted by Gasteiger charge is 2.30. The van der Waals surface area contributed by atoms with Crippen LogP contribution in [0.5, 0.6) is 0 Å². The Labute approximate surface area is 201 Å². The minimum atomic E-state index is -4.35. The van der Waals surface area contributed by atoms with Crippen molar-refractivity contribution in [3.8, 4) is 0 Å². The van der Waals surface area contributed by atoms with Gasteiger partial charge in [-0.05, 0) is 43.2 Å². The summed E-state index contributed by atoms with van der Waals surface area (Å²) in [6.07, 6.45) is 4.95. The molecular formula is C24H30F3N5OS. The van der Waals surface area contributed by atoms with Gasteiger partial charge in [-0.15, -0.1) is 16.9 Å². The number of ether oxygens (including phenoxy) is 1. The lowest BCUT2D eigenvalue weighted by molar-refractivity contribution is -0.137. The predicted octanol–water partition coefficient (Wildman–Crippen LogP) is 5.42. The van der Waals surface area contributed by atoms with Crippen LogP contribution in [0.4, 0.5) is 13.2 Å². The van der Waals surface area contributed by atoms with Crippen molar-refractivity contribution in [2.45, 2.75) is 62.4 Å². The number of alkyl halides is 3. The summed E-state index contributed by atoms with van der Waals surface area (Å²) in [4.78, 5) is 7.44. The van der Waals surface area contributed by atoms with Crippen LogP contribution in [0.3, 0.4) is 0 Å². The highest BCUT2D eigenvalue weighted by atomic mass is 32.2. The molecule has 0 radical (unpaired) electrons. The van der Waals surface area contributed by atoms with E-state index in [1.807, 2.05) is 16.9 Å². The van der Waals surface area contributed by atoms with Crippen molar-refractivity contribution in [3.63, 3.8) is 0 Å². The van der Waals surface area contributed by atoms with Gasteiger partial charge < -0.3 is 4.74 Å². The second kappa shape index (κ2) is 11.5. The second-order valence-electron chi connectivity index (χ2n) is 8.66. The molecule has 1 unspecified atom stereocenters. The van der Waals surface area contributed by atoms with E-state index in [-0.39, 0.29) is 0 Å². The van der Waals surface area contributed by atoms with Gasteiger partial charge in [-0.3, -0.25) is 14.6 Å². The number of aryl methyl sites for hydroxylation is 1. The number of thioether (sulfide) groups is 1. The van der Waals surface area contributed by atoms with E-state index in [4.69, 9.17) is 4.74 Å². The number of likely N-dealkylation sites (tertiary alicyclic amines) is 1. The van der Waals surface area contributed by atoms with E-state index in [0.717, 1.165) is 92.1 Å². The van der Waals surface area contributed by atoms with Gasteiger partial charge in [-0.2, -0.15) is 13.2 Å². The minimum absolute atomic E-state index is 0.327. The minimum Gasteiger partial charge on any atom is -0.380 e. The van der Waals surface area contributed by atoms with Crippen molar-refractivity contribution < 1.29 is 17.9 Å². The normalized spacial score (nSPS) is 17.1. The molecule has 1 fully saturated rings. The Morgan fingerprint density at radius 1 is 1.15 bits per heavy atom. The number of hydrogen-bond acceptors (Lipinski definition) is 6. The molecule has 0 aliphatic carbocycles. The molecule has 0 bridgehead atoms. The molecule has 0 saturated carbocycles. The zero-order chi connectivity index (χ0) is 24.0. The summed E-state index contributed by atoms with van der Waals surface area (Å²) in [6, 6.07) is 5.65. The number of benzene rings is 1. The molecule has 1 atom stereocenters. The van der Waals surface area contributed by atoms with Crippen LogP contribution in [0, 0.1) is 0 Å². The summed E-state index contributed by atoms with van der Waals surface area (Å²) in [7, 11) is 1.76. The molecule has 1 aliphatic heterocycles. The van der Waals surface area contributed by atoms with Crippen LogP contribution in [0.2, 0.25) is 0 Å². The number of fused-ring (bicyclic) bond motifs is 1. The van der Waals surface area contributed by atoms with Gasteiger partial charge in [-0.25, -0.2) is 0 Å². The number of unbranched alkanes of at least 4 members (excludes halogenated alkanes) is 3. The molecule has 1 saturated heterocycles. The first-order valence-electron chi connectivity index (χ1n) is 11.7. The summed E-state index contributed by atoms with van der Waals surface area (Å²) in [5, 5.41) is 9.32. The fraction of sp³-hybridized carbons (Fsp3) is 0.542. The Hall–Kier alpha value is -2.17. The Bertz CT molecular complexity index is 1070. The molecule has 3 heterocycles. The first-order valence-corrected chi connectivity index (χ1v) is 12.6. The fourth-order valence-electron chi connectivity index (χ4n) is 4.22. The van der Waals surface area contributed by atoms with Gasteiger partial charge >= 0.3 is 6.18 Å². The van der Waals surface area contributed by atoms with Crippen LogP contribution in [0.1, 0.15) is 43.4 Å². The molecule has 0 spiro atoms. The van der Waals surface area contributed by atoms with Gasteiger partial charge in [0.1, 0.15) is 0 Å². The maximum atomic E-state index is 12.9. The smallest absolute Gasteiger partial charge is 0.380 e. The van der Waals surface area contributed by atoms with Gasteiger partial charge in [0.25, 0.3) is 0 Å². The molecule has 2 aromatic heterocycles. The molecule has 0 amide bonds. The van der Waals surface area contributed by atoms with Crippen molar-refractivity contribution >= 4 is 22.7 Å². The Morgan fingerprint density at radius 2 is 2.00 bits per heavy atom. The van der Waals surface area contributed by atoms with Crippen molar-refractivity contribution in [3.05, 3.63) is 47.9 Å². The predicted molar refractivity (Wildman–Crippen MR) is 127 cm³/mol. The van der Waals surface area contributed by atoms with Crippen LogP contribution in [0.15, 0.2) is 41.6 Å². The van der Waals surface area contributed by atoms with Gasteiger partial charge in [0.2, 0.25) is 0 Å². The third-order valence-electron chi connectivity index (χ3n) is 6.10. The monoisotopic (exact) mass is 493 g/mol. The quantitative estimate of drug-likeness (QED) is 0.263. The number of hydrogen-bond donors (Lipinski definition) is 0. The lowest BCUT2D eigenvalue weighted by Crippen LogP contribution is -2.22. The molecule has 3 aromatic rings. The number of nitrogens with zero attached hydrogens (tertiary/aromatic N) is 5. The number of pyridine rings is 1. The van der Waals surface area contributed by atoms with Crippen molar-refractivity contribution in [1.29, 1.82) is 0 Å². The molecule has 184 valence electrons. The number of rotatable bonds is 11. The van der Waals surface area contributed by atoms with E-state index >= 15 is 0 Å². The highest BCUT2D eigenvalue weighted by Crippen LogP contribution is 2.34. The van der Waals surface area contributed by atoms with Gasteiger partial charge in [0, 0.05) is 56.0 Å². The van der Waals surface area contributed by atoms with Gasteiger partial charge in [-0.1, -0.05) is 24.1 Å². The SMILES string of the molecule is COC1CCN(Cc2cn(CCCCCCSc3ccnc4cc(C(F)(F)F)ccc34)nn2)C1. The third-order valence-corrected chi connectivity index (χ3v) is 7.26. The highest BCUT2D eigenvalue weighted by molar-refractivity contribution is 7.99. The van der Waals surface area contributed by atoms with E-state index in [1.165, 1.54) is 6.07 Å². The molecule has 10 heteroatoms. The Kier molecular flexibility index (Phi) is 8.44. The summed E-state index contributed by atoms with van der Waals surface area (Å²) < 4.78 is 46.1. The zero-order valence-corrected chi connectivity index (χ0v) is 20.1. The van der Waals surface area contributed by atoms with E-state index in [1.54, 1.807) is 25.1 Å². The molecule has 1 aliphatic rings. The Morgan fingerprint density at radius 3 is 2.79 bits per heavy atom. The molecule has 34 heavy (non-hydrogen) atoms. The van der Waals surface area contributed by atoms with Crippen LogP contribution >= 0.6 is 11.8 Å². The maximum absolute atomic E-state index is 12.9. The standard InChI is InChI=1S/C24H30F3N5OS/c1-33-20-9-12-31(17-20)15-19-16-32(30-29-19)11-4-2-3-5-13-34-23-8-10-28-22-14-18(24(25,26)27)6-7-21(22)23/h6-8,10,14,16,20H,2-5,9,11-13,15,17H2,1H3. The topological polar surface area (TPSA) is 56.1 Å². The molecule has 6 nitrogen and oxygen atoms in total. The Balaban J connectivity index is 1.14. The first-order chi connectivity index (χ1) is 16.4.